The quantitative estimate of drug-likeness (QED) is 0.611. The monoisotopic (exact) mass is 265 g/mol. The first-order valence-electron chi connectivity index (χ1n) is 5.32. The van der Waals surface area contributed by atoms with Gasteiger partial charge >= 0.3 is 12.1 Å². The number of benzene rings is 2. The molecule has 0 bridgehead atoms. The van der Waals surface area contributed by atoms with E-state index < -0.39 is 17.7 Å². The van der Waals surface area contributed by atoms with Crippen LogP contribution in [0.4, 0.5) is 13.2 Å². The van der Waals surface area contributed by atoms with Crippen molar-refractivity contribution in [1.82, 2.24) is 0 Å². The molecule has 97 valence electrons. The molecule has 2 aromatic carbocycles. The van der Waals surface area contributed by atoms with Crippen LogP contribution in [0.15, 0.2) is 48.5 Å². The molecule has 0 amide bonds. The van der Waals surface area contributed by atoms with Crippen LogP contribution in [-0.2, 0) is 6.18 Å². The van der Waals surface area contributed by atoms with Gasteiger partial charge in [0, 0.05) is 0 Å². The number of hydrogen-bond acceptors (Lipinski definition) is 2. The second-order valence-corrected chi connectivity index (χ2v) is 3.70. The predicted molar refractivity (Wildman–Crippen MR) is 61.7 cm³/mol. The third kappa shape index (κ3) is 3.34. The SMILES string of the molecule is O=C(Oc1cc[c]cc1)c1ccc(C(F)(F)F)cc1. The minimum atomic E-state index is -4.42. The molecule has 1 radical (unpaired) electrons. The van der Waals surface area contributed by atoms with Crippen molar-refractivity contribution in [3.05, 3.63) is 65.7 Å². The fourth-order valence-electron chi connectivity index (χ4n) is 1.40. The Balaban J connectivity index is 2.12. The summed E-state index contributed by atoms with van der Waals surface area (Å²) < 4.78 is 42.0. The van der Waals surface area contributed by atoms with Crippen molar-refractivity contribution < 1.29 is 22.7 Å². The molecule has 2 aromatic rings. The van der Waals surface area contributed by atoms with Crippen molar-refractivity contribution >= 4 is 5.97 Å². The minimum Gasteiger partial charge on any atom is -0.423 e. The molecule has 0 N–H and O–H groups in total. The van der Waals surface area contributed by atoms with Gasteiger partial charge in [0.2, 0.25) is 0 Å². The second-order valence-electron chi connectivity index (χ2n) is 3.70. The van der Waals surface area contributed by atoms with Gasteiger partial charge in [0.1, 0.15) is 5.75 Å². The van der Waals surface area contributed by atoms with Crippen LogP contribution in [0.5, 0.6) is 5.75 Å². The number of carbonyl (C=O) groups excluding carboxylic acids is 1. The van der Waals surface area contributed by atoms with Gasteiger partial charge in [-0.25, -0.2) is 4.79 Å². The summed E-state index contributed by atoms with van der Waals surface area (Å²) in [6.45, 7) is 0. The Morgan fingerprint density at radius 2 is 1.58 bits per heavy atom. The highest BCUT2D eigenvalue weighted by Gasteiger charge is 2.30. The zero-order valence-corrected chi connectivity index (χ0v) is 9.57. The normalized spacial score (nSPS) is 11.1. The molecule has 0 unspecified atom stereocenters. The third-order valence-corrected chi connectivity index (χ3v) is 2.35. The average molecular weight is 265 g/mol. The molecular weight excluding hydrogens is 257 g/mol. The van der Waals surface area contributed by atoms with Gasteiger partial charge in [-0.05, 0) is 42.5 Å². The molecule has 19 heavy (non-hydrogen) atoms. The molecular formula is C14H8F3O2. The van der Waals surface area contributed by atoms with E-state index in [9.17, 15) is 18.0 Å². The van der Waals surface area contributed by atoms with Crippen molar-refractivity contribution in [3.8, 4) is 5.75 Å². The molecule has 0 aliphatic heterocycles. The van der Waals surface area contributed by atoms with Gasteiger partial charge in [-0.3, -0.25) is 0 Å². The van der Waals surface area contributed by atoms with Crippen molar-refractivity contribution in [2.45, 2.75) is 6.18 Å². The molecule has 0 saturated carbocycles. The summed E-state index contributed by atoms with van der Waals surface area (Å²) in [5, 5.41) is 0. The number of alkyl halides is 3. The standard InChI is InChI=1S/C14H8F3O2/c15-14(16,17)11-8-6-10(7-9-11)13(18)19-12-4-2-1-3-5-12/h2-9H. The van der Waals surface area contributed by atoms with Crippen LogP contribution >= 0.6 is 0 Å². The Labute approximate surface area is 107 Å². The van der Waals surface area contributed by atoms with E-state index in [2.05, 4.69) is 6.07 Å². The van der Waals surface area contributed by atoms with E-state index in [-0.39, 0.29) is 5.56 Å². The molecule has 0 fully saturated rings. The molecule has 0 aliphatic carbocycles. The summed E-state index contributed by atoms with van der Waals surface area (Å²) in [5.74, 6) is -0.399. The number of hydrogen-bond donors (Lipinski definition) is 0. The maximum Gasteiger partial charge on any atom is 0.416 e. The molecule has 0 aromatic heterocycles. The van der Waals surface area contributed by atoms with Crippen molar-refractivity contribution in [1.29, 1.82) is 0 Å². The van der Waals surface area contributed by atoms with E-state index >= 15 is 0 Å². The van der Waals surface area contributed by atoms with Crippen LogP contribution < -0.4 is 4.74 Å². The number of rotatable bonds is 2. The molecule has 0 spiro atoms. The van der Waals surface area contributed by atoms with E-state index in [0.29, 0.717) is 5.75 Å². The zero-order chi connectivity index (χ0) is 13.9. The van der Waals surface area contributed by atoms with Crippen LogP contribution in [0.25, 0.3) is 0 Å². The lowest BCUT2D eigenvalue weighted by Gasteiger charge is -2.07. The Morgan fingerprint density at radius 1 is 1.00 bits per heavy atom. The minimum absolute atomic E-state index is 0.0563. The first-order valence-corrected chi connectivity index (χ1v) is 5.32. The van der Waals surface area contributed by atoms with Gasteiger partial charge in [-0.15, -0.1) is 0 Å². The van der Waals surface area contributed by atoms with Crippen molar-refractivity contribution in [2.24, 2.45) is 0 Å². The Hall–Kier alpha value is -2.30. The Morgan fingerprint density at radius 3 is 2.11 bits per heavy atom. The number of halogens is 3. The molecule has 0 saturated heterocycles. The summed E-state index contributed by atoms with van der Waals surface area (Å²) in [4.78, 5) is 11.7. The van der Waals surface area contributed by atoms with Crippen LogP contribution in [0.3, 0.4) is 0 Å². The van der Waals surface area contributed by atoms with Crippen LogP contribution in [0, 0.1) is 6.07 Å². The molecule has 0 atom stereocenters. The lowest BCUT2D eigenvalue weighted by molar-refractivity contribution is -0.137. The summed E-state index contributed by atoms with van der Waals surface area (Å²) in [6, 6.07) is 12.8. The fourth-order valence-corrected chi connectivity index (χ4v) is 1.40. The Kier molecular flexibility index (Phi) is 3.55. The average Bonchev–Trinajstić information content (AvgIpc) is 2.39. The van der Waals surface area contributed by atoms with E-state index in [1.54, 1.807) is 12.1 Å². The van der Waals surface area contributed by atoms with Gasteiger partial charge < -0.3 is 4.74 Å². The molecule has 2 rings (SSSR count). The first kappa shape index (κ1) is 13.1. The van der Waals surface area contributed by atoms with E-state index in [1.165, 1.54) is 12.1 Å². The van der Waals surface area contributed by atoms with Crippen molar-refractivity contribution in [3.63, 3.8) is 0 Å². The second kappa shape index (κ2) is 5.14. The van der Waals surface area contributed by atoms with Gasteiger partial charge in [-0.2, -0.15) is 13.2 Å². The summed E-state index contributed by atoms with van der Waals surface area (Å²) in [6.07, 6.45) is -4.42. The molecule has 2 nitrogen and oxygen atoms in total. The maximum absolute atomic E-state index is 12.3. The van der Waals surface area contributed by atoms with Crippen molar-refractivity contribution in [2.75, 3.05) is 0 Å². The van der Waals surface area contributed by atoms with Crippen LogP contribution in [-0.4, -0.2) is 5.97 Å². The predicted octanol–water partition coefficient (Wildman–Crippen LogP) is 3.72. The summed E-state index contributed by atoms with van der Waals surface area (Å²) in [7, 11) is 0. The maximum atomic E-state index is 12.3. The topological polar surface area (TPSA) is 26.3 Å². The number of ether oxygens (including phenoxy) is 1. The third-order valence-electron chi connectivity index (χ3n) is 2.35. The fraction of sp³-hybridized carbons (Fsp3) is 0.0714. The molecule has 5 heteroatoms. The first-order chi connectivity index (χ1) is 8.97. The van der Waals surface area contributed by atoms with Gasteiger partial charge in [0.15, 0.2) is 0 Å². The van der Waals surface area contributed by atoms with Gasteiger partial charge in [0.05, 0.1) is 11.1 Å². The lowest BCUT2D eigenvalue weighted by atomic mass is 10.1. The Bertz CT molecular complexity index is 559. The van der Waals surface area contributed by atoms with Gasteiger partial charge in [0.25, 0.3) is 0 Å². The zero-order valence-electron chi connectivity index (χ0n) is 9.57. The van der Waals surface area contributed by atoms with E-state index in [1.807, 2.05) is 0 Å². The van der Waals surface area contributed by atoms with E-state index in [0.717, 1.165) is 24.3 Å². The smallest absolute Gasteiger partial charge is 0.416 e. The van der Waals surface area contributed by atoms with E-state index in [4.69, 9.17) is 4.74 Å². The summed E-state index contributed by atoms with van der Waals surface area (Å²) in [5.41, 5.74) is -0.751. The largest absolute Gasteiger partial charge is 0.423 e. The van der Waals surface area contributed by atoms with Crippen LogP contribution in [0.1, 0.15) is 15.9 Å². The summed E-state index contributed by atoms with van der Waals surface area (Å²) >= 11 is 0. The molecule has 0 aliphatic rings. The van der Waals surface area contributed by atoms with Gasteiger partial charge in [-0.1, -0.05) is 12.1 Å². The number of esters is 1. The van der Waals surface area contributed by atoms with Crippen LogP contribution in [0.2, 0.25) is 0 Å². The number of carbonyl (C=O) groups is 1. The lowest BCUT2D eigenvalue weighted by Crippen LogP contribution is -2.10. The highest BCUT2D eigenvalue weighted by atomic mass is 19.4. The highest BCUT2D eigenvalue weighted by molar-refractivity contribution is 5.91. The molecule has 0 heterocycles. The highest BCUT2D eigenvalue weighted by Crippen LogP contribution is 2.29.